The van der Waals surface area contributed by atoms with Crippen molar-refractivity contribution in [1.82, 2.24) is 34.3 Å². The van der Waals surface area contributed by atoms with E-state index in [4.69, 9.17) is 15.5 Å². The van der Waals surface area contributed by atoms with E-state index in [1.807, 2.05) is 18.2 Å². The van der Waals surface area contributed by atoms with Crippen LogP contribution in [0.3, 0.4) is 0 Å². The molecule has 1 atom stereocenters. The molecule has 0 unspecified atom stereocenters. The maximum atomic E-state index is 13.0. The number of para-hydroxylation sites is 1. The molecule has 4 aromatic rings. The molecule has 1 aromatic carbocycles. The molecule has 0 saturated heterocycles. The number of halogens is 2. The predicted molar refractivity (Wildman–Crippen MR) is 110 cm³/mol. The Kier molecular flexibility index (Phi) is 4.69. The second kappa shape index (κ2) is 7.41. The molecule has 0 aliphatic carbocycles. The van der Waals surface area contributed by atoms with E-state index >= 15 is 0 Å². The summed E-state index contributed by atoms with van der Waals surface area (Å²) in [5.74, 6) is 1.50. The number of nitrogen functional groups attached to an aromatic ring is 1. The number of fused-ring (bicyclic) bond motifs is 4. The fourth-order valence-electron chi connectivity index (χ4n) is 4.11. The summed E-state index contributed by atoms with van der Waals surface area (Å²) in [7, 11) is 1.59. The maximum absolute atomic E-state index is 13.0. The molecule has 1 aliphatic rings. The summed E-state index contributed by atoms with van der Waals surface area (Å²) < 4.78 is 34.5. The highest BCUT2D eigenvalue weighted by Gasteiger charge is 2.25. The van der Waals surface area contributed by atoms with E-state index in [0.29, 0.717) is 42.2 Å². The van der Waals surface area contributed by atoms with Crippen LogP contribution in [0.5, 0.6) is 5.75 Å². The summed E-state index contributed by atoms with van der Waals surface area (Å²) in [5, 5.41) is 9.36. The van der Waals surface area contributed by atoms with Gasteiger partial charge in [0.05, 0.1) is 19.3 Å². The molecule has 0 spiro atoms. The van der Waals surface area contributed by atoms with Crippen LogP contribution in [-0.2, 0) is 19.5 Å². The van der Waals surface area contributed by atoms with Crippen molar-refractivity contribution in [2.75, 3.05) is 19.4 Å². The summed E-state index contributed by atoms with van der Waals surface area (Å²) >= 11 is 0. The van der Waals surface area contributed by atoms with Gasteiger partial charge in [-0.3, -0.25) is 9.58 Å². The second-order valence-corrected chi connectivity index (χ2v) is 7.70. The molecule has 4 heterocycles. The second-order valence-electron chi connectivity index (χ2n) is 7.70. The fourth-order valence-corrected chi connectivity index (χ4v) is 4.11. The minimum absolute atomic E-state index is 0.103. The van der Waals surface area contributed by atoms with Crippen molar-refractivity contribution in [3.63, 3.8) is 0 Å². The van der Waals surface area contributed by atoms with Crippen LogP contribution in [0.15, 0.2) is 24.3 Å². The number of nitrogens with two attached hydrogens (primary N) is 1. The van der Waals surface area contributed by atoms with Gasteiger partial charge in [-0.05, 0) is 25.1 Å². The van der Waals surface area contributed by atoms with Gasteiger partial charge in [0, 0.05) is 30.9 Å². The summed E-state index contributed by atoms with van der Waals surface area (Å²) in [6.45, 7) is 3.93. The van der Waals surface area contributed by atoms with Crippen LogP contribution in [0.1, 0.15) is 30.6 Å². The molecule has 0 fully saturated rings. The molecule has 31 heavy (non-hydrogen) atoms. The van der Waals surface area contributed by atoms with Crippen LogP contribution in [-0.4, -0.2) is 54.0 Å². The molecule has 5 rings (SSSR count). The van der Waals surface area contributed by atoms with Crippen molar-refractivity contribution in [1.29, 1.82) is 0 Å². The largest absolute Gasteiger partial charge is 0.494 e. The Labute approximate surface area is 176 Å². The van der Waals surface area contributed by atoms with Gasteiger partial charge in [-0.25, -0.2) is 18.7 Å². The molecule has 9 nitrogen and oxygen atoms in total. The van der Waals surface area contributed by atoms with Crippen molar-refractivity contribution < 1.29 is 13.5 Å². The van der Waals surface area contributed by atoms with Gasteiger partial charge in [0.1, 0.15) is 17.0 Å². The van der Waals surface area contributed by atoms with Gasteiger partial charge in [0.15, 0.2) is 11.5 Å². The van der Waals surface area contributed by atoms with Gasteiger partial charge < -0.3 is 10.5 Å². The lowest BCUT2D eigenvalue weighted by atomic mass is 10.1. The first-order chi connectivity index (χ1) is 14.9. The zero-order chi connectivity index (χ0) is 21.7. The van der Waals surface area contributed by atoms with E-state index < -0.39 is 6.43 Å². The monoisotopic (exact) mass is 428 g/mol. The SMILES string of the molecule is COc1cccc2c1nc(N)n1nc(C[C@H](C)N3CCn4nc(C(F)F)cc4C3)nc21. The molecular weight excluding hydrogens is 406 g/mol. The number of alkyl halides is 2. The highest BCUT2D eigenvalue weighted by molar-refractivity contribution is 5.95. The lowest BCUT2D eigenvalue weighted by molar-refractivity contribution is 0.142. The third-order valence-corrected chi connectivity index (χ3v) is 5.73. The molecule has 0 saturated carbocycles. The highest BCUT2D eigenvalue weighted by atomic mass is 19.3. The average Bonchev–Trinajstić information content (AvgIpc) is 3.37. The standard InChI is InChI=1S/C20H22F2N8O/c1-11(28-6-7-29-12(10-28)9-14(26-29)18(21)22)8-16-24-19-13-4-3-5-15(31-2)17(13)25-20(23)30(19)27-16/h3-5,9,11,18H,6-8,10H2,1-2H3,(H2,23,25)/t11-/m0/s1. The first-order valence-corrected chi connectivity index (χ1v) is 10.0. The minimum Gasteiger partial charge on any atom is -0.494 e. The number of ether oxygens (including phenoxy) is 1. The van der Waals surface area contributed by atoms with E-state index in [9.17, 15) is 8.78 Å². The number of nitrogens with zero attached hydrogens (tertiary/aromatic N) is 7. The normalized spacial score (nSPS) is 15.6. The van der Waals surface area contributed by atoms with E-state index in [0.717, 1.165) is 17.6 Å². The first kappa shape index (κ1) is 19.6. The number of aromatic nitrogens is 6. The Morgan fingerprint density at radius 1 is 1.19 bits per heavy atom. The Hall–Kier alpha value is -3.34. The molecule has 2 N–H and O–H groups in total. The Morgan fingerprint density at radius 2 is 2.03 bits per heavy atom. The van der Waals surface area contributed by atoms with Gasteiger partial charge in [0.2, 0.25) is 5.95 Å². The summed E-state index contributed by atoms with van der Waals surface area (Å²) in [6, 6.07) is 7.20. The smallest absolute Gasteiger partial charge is 0.282 e. The maximum Gasteiger partial charge on any atom is 0.282 e. The van der Waals surface area contributed by atoms with Gasteiger partial charge >= 0.3 is 0 Å². The number of rotatable bonds is 5. The third kappa shape index (κ3) is 3.34. The molecule has 0 bridgehead atoms. The number of hydrogen-bond acceptors (Lipinski definition) is 7. The quantitative estimate of drug-likeness (QED) is 0.521. The van der Waals surface area contributed by atoms with Crippen molar-refractivity contribution in [2.45, 2.75) is 38.9 Å². The van der Waals surface area contributed by atoms with Crippen LogP contribution < -0.4 is 10.5 Å². The Balaban J connectivity index is 1.41. The number of hydrogen-bond donors (Lipinski definition) is 1. The number of methoxy groups -OCH3 is 1. The lowest BCUT2D eigenvalue weighted by Gasteiger charge is -2.32. The Bertz CT molecular complexity index is 1270. The van der Waals surface area contributed by atoms with Crippen molar-refractivity contribution in [3.05, 3.63) is 41.5 Å². The molecular formula is C20H22F2N8O. The van der Waals surface area contributed by atoms with E-state index in [1.165, 1.54) is 6.07 Å². The Morgan fingerprint density at radius 3 is 2.81 bits per heavy atom. The van der Waals surface area contributed by atoms with Crippen molar-refractivity contribution >= 4 is 22.5 Å². The molecule has 1 aliphatic heterocycles. The number of anilines is 1. The zero-order valence-corrected chi connectivity index (χ0v) is 17.2. The molecule has 0 radical (unpaired) electrons. The molecule has 11 heteroatoms. The minimum atomic E-state index is -2.56. The van der Waals surface area contributed by atoms with Crippen LogP contribution in [0.2, 0.25) is 0 Å². The lowest BCUT2D eigenvalue weighted by Crippen LogP contribution is -2.41. The molecule has 0 amide bonds. The third-order valence-electron chi connectivity index (χ3n) is 5.73. The van der Waals surface area contributed by atoms with Crippen LogP contribution in [0.25, 0.3) is 16.6 Å². The predicted octanol–water partition coefficient (Wildman–Crippen LogP) is 2.45. The summed E-state index contributed by atoms with van der Waals surface area (Å²) in [4.78, 5) is 11.4. The first-order valence-electron chi connectivity index (χ1n) is 10.0. The number of benzene rings is 1. The van der Waals surface area contributed by atoms with E-state index in [1.54, 1.807) is 16.3 Å². The fraction of sp³-hybridized carbons (Fsp3) is 0.400. The van der Waals surface area contributed by atoms with Gasteiger partial charge in [-0.15, -0.1) is 5.10 Å². The highest BCUT2D eigenvalue weighted by Crippen LogP contribution is 2.28. The van der Waals surface area contributed by atoms with Gasteiger partial charge in [-0.1, -0.05) is 6.07 Å². The summed E-state index contributed by atoms with van der Waals surface area (Å²) in [6.07, 6.45) is -1.97. The van der Waals surface area contributed by atoms with E-state index in [-0.39, 0.29) is 17.7 Å². The molecule has 162 valence electrons. The topological polar surface area (TPSA) is 99.4 Å². The van der Waals surface area contributed by atoms with Gasteiger partial charge in [-0.2, -0.15) is 9.61 Å². The van der Waals surface area contributed by atoms with Gasteiger partial charge in [0.25, 0.3) is 6.43 Å². The van der Waals surface area contributed by atoms with Crippen LogP contribution in [0.4, 0.5) is 14.7 Å². The van der Waals surface area contributed by atoms with Crippen LogP contribution in [0, 0.1) is 0 Å². The van der Waals surface area contributed by atoms with E-state index in [2.05, 4.69) is 27.0 Å². The van der Waals surface area contributed by atoms with Crippen LogP contribution >= 0.6 is 0 Å². The average molecular weight is 428 g/mol. The van der Waals surface area contributed by atoms with Crippen molar-refractivity contribution in [3.8, 4) is 5.75 Å². The summed E-state index contributed by atoms with van der Waals surface area (Å²) in [5.41, 5.74) is 8.02. The van der Waals surface area contributed by atoms with Crippen molar-refractivity contribution in [2.24, 2.45) is 0 Å². The molecule has 3 aromatic heterocycles. The zero-order valence-electron chi connectivity index (χ0n) is 17.2.